The average molecular weight is 264 g/mol. The van der Waals surface area contributed by atoms with Crippen LogP contribution in [-0.2, 0) is 0 Å². The highest BCUT2D eigenvalue weighted by Gasteiger charge is 2.24. The summed E-state index contributed by atoms with van der Waals surface area (Å²) in [6.07, 6.45) is 4.61. The first kappa shape index (κ1) is 14.1. The Bertz CT molecular complexity index is 436. The lowest BCUT2D eigenvalue weighted by molar-refractivity contribution is 0.254. The van der Waals surface area contributed by atoms with Crippen LogP contribution in [0.25, 0.3) is 0 Å². The van der Waals surface area contributed by atoms with E-state index in [1.807, 2.05) is 20.9 Å². The van der Waals surface area contributed by atoms with Gasteiger partial charge in [-0.15, -0.1) is 0 Å². The van der Waals surface area contributed by atoms with E-state index in [1.165, 1.54) is 12.8 Å². The van der Waals surface area contributed by atoms with Crippen molar-refractivity contribution in [3.63, 3.8) is 0 Å². The zero-order valence-electron chi connectivity index (χ0n) is 12.1. The minimum Gasteiger partial charge on any atom is -0.394 e. The van der Waals surface area contributed by atoms with Crippen molar-refractivity contribution < 1.29 is 5.11 Å². The molecule has 106 valence electrons. The van der Waals surface area contributed by atoms with Crippen molar-refractivity contribution >= 4 is 11.6 Å². The monoisotopic (exact) mass is 264 g/mol. The van der Waals surface area contributed by atoms with Gasteiger partial charge in [-0.25, -0.2) is 9.97 Å². The summed E-state index contributed by atoms with van der Waals surface area (Å²) in [5.41, 5.74) is 1.06. The number of aryl methyl sites for hydroxylation is 1. The molecule has 19 heavy (non-hydrogen) atoms. The molecule has 1 aliphatic rings. The Morgan fingerprint density at radius 3 is 2.74 bits per heavy atom. The van der Waals surface area contributed by atoms with E-state index >= 15 is 0 Å². The molecule has 2 N–H and O–H groups in total. The largest absolute Gasteiger partial charge is 0.394 e. The molecule has 5 nitrogen and oxygen atoms in total. The first-order valence-corrected chi connectivity index (χ1v) is 7.08. The number of nitrogens with zero attached hydrogens (tertiary/aromatic N) is 3. The van der Waals surface area contributed by atoms with Crippen molar-refractivity contribution in [1.29, 1.82) is 0 Å². The Kier molecular flexibility index (Phi) is 4.58. The molecule has 1 unspecified atom stereocenters. The van der Waals surface area contributed by atoms with Gasteiger partial charge in [0.25, 0.3) is 0 Å². The van der Waals surface area contributed by atoms with Crippen molar-refractivity contribution in [2.24, 2.45) is 0 Å². The van der Waals surface area contributed by atoms with E-state index in [0.717, 1.165) is 42.4 Å². The van der Waals surface area contributed by atoms with Crippen molar-refractivity contribution in [2.75, 3.05) is 30.4 Å². The molecule has 0 radical (unpaired) electrons. The van der Waals surface area contributed by atoms with Gasteiger partial charge in [0.2, 0.25) is 0 Å². The summed E-state index contributed by atoms with van der Waals surface area (Å²) >= 11 is 0. The van der Waals surface area contributed by atoms with Crippen LogP contribution in [0.2, 0.25) is 0 Å². The predicted molar refractivity (Wildman–Crippen MR) is 77.7 cm³/mol. The van der Waals surface area contributed by atoms with E-state index in [1.54, 1.807) is 0 Å². The third-order valence-corrected chi connectivity index (χ3v) is 3.83. The molecule has 0 bridgehead atoms. The van der Waals surface area contributed by atoms with Crippen molar-refractivity contribution in [3.05, 3.63) is 11.4 Å². The Labute approximate surface area is 115 Å². The lowest BCUT2D eigenvalue weighted by Gasteiger charge is -2.31. The molecular formula is C14H24N4O. The Balaban J connectivity index is 2.40. The smallest absolute Gasteiger partial charge is 0.137 e. The lowest BCUT2D eigenvalue weighted by Crippen LogP contribution is -2.39. The minimum absolute atomic E-state index is 0.181. The fraction of sp³-hybridized carbons (Fsp3) is 0.714. The normalized spacial score (nSPS) is 20.2. The van der Waals surface area contributed by atoms with Crippen LogP contribution in [0.5, 0.6) is 0 Å². The highest BCUT2D eigenvalue weighted by atomic mass is 16.3. The van der Waals surface area contributed by atoms with E-state index < -0.39 is 0 Å². The van der Waals surface area contributed by atoms with E-state index in [0.29, 0.717) is 0 Å². The third-order valence-electron chi connectivity index (χ3n) is 3.83. The fourth-order valence-electron chi connectivity index (χ4n) is 2.78. The summed E-state index contributed by atoms with van der Waals surface area (Å²) in [6.45, 7) is 5.11. The number of aromatic nitrogens is 2. The highest BCUT2D eigenvalue weighted by Crippen LogP contribution is 2.28. The van der Waals surface area contributed by atoms with Crippen molar-refractivity contribution in [3.8, 4) is 0 Å². The van der Waals surface area contributed by atoms with Gasteiger partial charge in [-0.05, 0) is 26.7 Å². The quantitative estimate of drug-likeness (QED) is 0.873. The highest BCUT2D eigenvalue weighted by molar-refractivity contribution is 5.59. The molecule has 5 heteroatoms. The Hall–Kier alpha value is -1.36. The molecule has 1 aromatic rings. The predicted octanol–water partition coefficient (Wildman–Crippen LogP) is 1.88. The molecule has 1 fully saturated rings. The van der Waals surface area contributed by atoms with E-state index in [9.17, 15) is 5.11 Å². The summed E-state index contributed by atoms with van der Waals surface area (Å²) in [7, 11) is 1.88. The Morgan fingerprint density at radius 1 is 1.26 bits per heavy atom. The number of nitrogens with one attached hydrogen (secondary N) is 1. The molecule has 1 aromatic heterocycles. The maximum atomic E-state index is 9.63. The summed E-state index contributed by atoms with van der Waals surface area (Å²) in [5, 5.41) is 12.8. The van der Waals surface area contributed by atoms with Gasteiger partial charge in [-0.1, -0.05) is 12.8 Å². The SMILES string of the molecule is CNc1nc(C)nc(N2CCCCCC2CO)c1C. The average Bonchev–Trinajstić information content (AvgIpc) is 2.65. The number of rotatable bonds is 3. The molecular weight excluding hydrogens is 240 g/mol. The molecule has 1 atom stereocenters. The number of aliphatic hydroxyl groups excluding tert-OH is 1. The maximum Gasteiger partial charge on any atom is 0.137 e. The molecule has 1 aliphatic heterocycles. The third kappa shape index (κ3) is 2.97. The first-order chi connectivity index (χ1) is 9.17. The van der Waals surface area contributed by atoms with Crippen LogP contribution in [0, 0.1) is 13.8 Å². The number of hydrogen-bond acceptors (Lipinski definition) is 5. The number of aliphatic hydroxyl groups is 1. The van der Waals surface area contributed by atoms with Crippen LogP contribution in [0.1, 0.15) is 37.1 Å². The van der Waals surface area contributed by atoms with Crippen LogP contribution < -0.4 is 10.2 Å². The van der Waals surface area contributed by atoms with E-state index in [2.05, 4.69) is 20.2 Å². The molecule has 0 aromatic carbocycles. The first-order valence-electron chi connectivity index (χ1n) is 7.08. The fourth-order valence-corrected chi connectivity index (χ4v) is 2.78. The molecule has 2 rings (SSSR count). The molecule has 1 saturated heterocycles. The van der Waals surface area contributed by atoms with Gasteiger partial charge in [0.15, 0.2) is 0 Å². The summed E-state index contributed by atoms with van der Waals surface area (Å²) in [5.74, 6) is 2.62. The summed E-state index contributed by atoms with van der Waals surface area (Å²) in [4.78, 5) is 11.3. The second-order valence-electron chi connectivity index (χ2n) is 5.20. The van der Waals surface area contributed by atoms with Gasteiger partial charge < -0.3 is 15.3 Å². The maximum absolute atomic E-state index is 9.63. The van der Waals surface area contributed by atoms with Crippen molar-refractivity contribution in [2.45, 2.75) is 45.6 Å². The van der Waals surface area contributed by atoms with Crippen LogP contribution in [0.3, 0.4) is 0 Å². The second-order valence-corrected chi connectivity index (χ2v) is 5.20. The van der Waals surface area contributed by atoms with Gasteiger partial charge in [0, 0.05) is 19.2 Å². The molecule has 0 aliphatic carbocycles. The zero-order valence-corrected chi connectivity index (χ0v) is 12.1. The summed E-state index contributed by atoms with van der Waals surface area (Å²) < 4.78 is 0. The van der Waals surface area contributed by atoms with Crippen molar-refractivity contribution in [1.82, 2.24) is 9.97 Å². The zero-order chi connectivity index (χ0) is 13.8. The standard InChI is InChI=1S/C14H24N4O/c1-10-13(15-3)16-11(2)17-14(10)18-8-6-4-5-7-12(18)9-19/h12,19H,4-9H2,1-3H3,(H,15,16,17). The molecule has 0 saturated carbocycles. The van der Waals surface area contributed by atoms with Gasteiger partial charge in [0.05, 0.1) is 12.6 Å². The number of anilines is 2. The van der Waals surface area contributed by atoms with Gasteiger partial charge in [-0.2, -0.15) is 0 Å². The summed E-state index contributed by atoms with van der Waals surface area (Å²) in [6, 6.07) is 0.181. The van der Waals surface area contributed by atoms with Gasteiger partial charge in [-0.3, -0.25) is 0 Å². The van der Waals surface area contributed by atoms with Crippen LogP contribution >= 0.6 is 0 Å². The second kappa shape index (κ2) is 6.19. The van der Waals surface area contributed by atoms with Crippen LogP contribution in [0.15, 0.2) is 0 Å². The van der Waals surface area contributed by atoms with Crippen LogP contribution in [-0.4, -0.2) is 41.3 Å². The van der Waals surface area contributed by atoms with E-state index in [4.69, 9.17) is 0 Å². The van der Waals surface area contributed by atoms with E-state index in [-0.39, 0.29) is 12.6 Å². The van der Waals surface area contributed by atoms with Gasteiger partial charge >= 0.3 is 0 Å². The molecule has 0 amide bonds. The molecule has 0 spiro atoms. The minimum atomic E-state index is 0.181. The van der Waals surface area contributed by atoms with Gasteiger partial charge in [0.1, 0.15) is 17.5 Å². The number of hydrogen-bond donors (Lipinski definition) is 2. The van der Waals surface area contributed by atoms with Crippen LogP contribution in [0.4, 0.5) is 11.6 Å². The topological polar surface area (TPSA) is 61.3 Å². The molecule has 2 heterocycles. The Morgan fingerprint density at radius 2 is 2.05 bits per heavy atom. The lowest BCUT2D eigenvalue weighted by atomic mass is 10.1.